The van der Waals surface area contributed by atoms with Gasteiger partial charge in [-0.05, 0) is 0 Å². The Morgan fingerprint density at radius 3 is 1.92 bits per heavy atom. The van der Waals surface area contributed by atoms with Gasteiger partial charge >= 0.3 is 70.5 Å². The summed E-state index contributed by atoms with van der Waals surface area (Å²) in [6.07, 6.45) is 0. The molecule has 0 unspecified atom stereocenters. The van der Waals surface area contributed by atoms with E-state index in [9.17, 15) is 0 Å². The molecule has 0 fully saturated rings. The molecule has 0 radical (unpaired) electrons. The van der Waals surface area contributed by atoms with E-state index >= 15 is 0 Å². The predicted molar refractivity (Wildman–Crippen MR) is 38.7 cm³/mol. The fourth-order valence-corrected chi connectivity index (χ4v) is 1.07. The van der Waals surface area contributed by atoms with Crippen LogP contribution in [0.3, 0.4) is 0 Å². The zero-order valence-corrected chi connectivity index (χ0v) is 8.68. The molecule has 12 heavy (non-hydrogen) atoms. The Kier molecular flexibility index (Phi) is 16.1. The van der Waals surface area contributed by atoms with Gasteiger partial charge in [-0.15, -0.1) is 0 Å². The second-order valence-corrected chi connectivity index (χ2v) is 2.48. The van der Waals surface area contributed by atoms with Crippen molar-refractivity contribution < 1.29 is 42.1 Å². The minimum absolute atomic E-state index is 0. The van der Waals surface area contributed by atoms with Crippen LogP contribution in [0.5, 0.6) is 0 Å². The van der Waals surface area contributed by atoms with Crippen LogP contribution in [0.1, 0.15) is 5.56 Å². The standard InChI is InChI=1S/C7H7O.3FH.Zr/c8-6-7-4-2-1-3-5-7;;;;/h1-5H,6H2;3*1H;/q-1;;;;+1. The van der Waals surface area contributed by atoms with Gasteiger partial charge in [0.15, 0.2) is 0 Å². The van der Waals surface area contributed by atoms with Crippen LogP contribution >= 0.6 is 0 Å². The van der Waals surface area contributed by atoms with E-state index in [1.165, 1.54) is 5.56 Å². The Hall–Kier alpha value is -0.147. The second-order valence-electron chi connectivity index (χ2n) is 1.77. The van der Waals surface area contributed by atoms with E-state index in [1.54, 1.807) is 0 Å². The maximum absolute atomic E-state index is 5.02. The van der Waals surface area contributed by atoms with Gasteiger partial charge in [0.05, 0.1) is 0 Å². The van der Waals surface area contributed by atoms with Crippen LogP contribution in [0.2, 0.25) is 0 Å². The average molecular weight is 258 g/mol. The topological polar surface area (TPSA) is 9.23 Å². The van der Waals surface area contributed by atoms with Crippen molar-refractivity contribution >= 4 is 0 Å². The van der Waals surface area contributed by atoms with Crippen LogP contribution in [0, 0.1) is 0 Å². The van der Waals surface area contributed by atoms with Gasteiger partial charge in [-0.25, -0.2) is 0 Å². The summed E-state index contributed by atoms with van der Waals surface area (Å²) in [7, 11) is 0. The molecule has 1 rings (SSSR count). The SMILES string of the molecule is F.F.F.[Zr][O]Cc1ccccc1. The Balaban J connectivity index is -0.000000270. The summed E-state index contributed by atoms with van der Waals surface area (Å²) in [4.78, 5) is 0. The van der Waals surface area contributed by atoms with Crippen LogP contribution in [0.15, 0.2) is 30.3 Å². The van der Waals surface area contributed by atoms with Gasteiger partial charge in [0.25, 0.3) is 0 Å². The van der Waals surface area contributed by atoms with E-state index in [0.29, 0.717) is 0 Å². The molecule has 0 saturated carbocycles. The summed E-state index contributed by atoms with van der Waals surface area (Å²) in [6.45, 7) is 0.749. The Bertz CT molecular complexity index is 172. The number of hydrogen-bond acceptors (Lipinski definition) is 1. The van der Waals surface area contributed by atoms with Crippen molar-refractivity contribution in [1.29, 1.82) is 0 Å². The van der Waals surface area contributed by atoms with Crippen molar-refractivity contribution in [3.63, 3.8) is 0 Å². The van der Waals surface area contributed by atoms with Gasteiger partial charge in [-0.2, -0.15) is 0 Å². The van der Waals surface area contributed by atoms with Crippen molar-refractivity contribution in [2.75, 3.05) is 0 Å². The van der Waals surface area contributed by atoms with Crippen molar-refractivity contribution in [2.45, 2.75) is 6.61 Å². The van der Waals surface area contributed by atoms with E-state index in [0.717, 1.165) is 31.8 Å². The summed E-state index contributed by atoms with van der Waals surface area (Å²) in [5.74, 6) is 0. The normalized spacial score (nSPS) is 6.92. The Morgan fingerprint density at radius 2 is 1.50 bits per heavy atom. The molecular formula is C7H10F3OZr. The van der Waals surface area contributed by atoms with Gasteiger partial charge in [0.2, 0.25) is 0 Å². The Labute approximate surface area is 84.7 Å². The molecule has 0 spiro atoms. The van der Waals surface area contributed by atoms with Crippen LogP contribution in [0.4, 0.5) is 14.1 Å². The molecule has 0 N–H and O–H groups in total. The number of rotatable bonds is 2. The van der Waals surface area contributed by atoms with Crippen LogP contribution in [0.25, 0.3) is 0 Å². The third-order valence-corrected chi connectivity index (χ3v) is 1.44. The van der Waals surface area contributed by atoms with E-state index in [4.69, 9.17) is 2.81 Å². The molecule has 0 heterocycles. The maximum atomic E-state index is 5.02. The van der Waals surface area contributed by atoms with Crippen LogP contribution in [-0.4, -0.2) is 0 Å². The molecule has 0 aliphatic rings. The molecule has 0 amide bonds. The van der Waals surface area contributed by atoms with Crippen LogP contribution in [-0.2, 0) is 34.6 Å². The fourth-order valence-electron chi connectivity index (χ4n) is 0.658. The monoisotopic (exact) mass is 257 g/mol. The molecule has 0 saturated heterocycles. The summed E-state index contributed by atoms with van der Waals surface area (Å²) in [5, 5.41) is 0. The fraction of sp³-hybridized carbons (Fsp3) is 0.143. The van der Waals surface area contributed by atoms with Crippen LogP contribution < -0.4 is 0 Å². The van der Waals surface area contributed by atoms with Crippen molar-refractivity contribution in [3.8, 4) is 0 Å². The summed E-state index contributed by atoms with van der Waals surface area (Å²) < 4.78 is 5.02. The number of halogens is 3. The molecule has 1 aromatic carbocycles. The van der Waals surface area contributed by atoms with Crippen molar-refractivity contribution in [2.24, 2.45) is 0 Å². The first-order valence-electron chi connectivity index (χ1n) is 2.76. The second kappa shape index (κ2) is 10.9. The third-order valence-electron chi connectivity index (χ3n) is 1.08. The van der Waals surface area contributed by atoms with Gasteiger partial charge < -0.3 is 0 Å². The summed E-state index contributed by atoms with van der Waals surface area (Å²) >= 11 is 1.13. The minimum atomic E-state index is 0. The average Bonchev–Trinajstić information content (AvgIpc) is 1.91. The van der Waals surface area contributed by atoms with E-state index in [1.807, 2.05) is 18.2 Å². The molecule has 0 aromatic heterocycles. The first-order chi connectivity index (χ1) is 4.43. The predicted octanol–water partition coefficient (Wildman–Crippen LogP) is 2.12. The quantitative estimate of drug-likeness (QED) is 0.789. The Morgan fingerprint density at radius 1 is 1.00 bits per heavy atom. The number of hydrogen-bond donors (Lipinski definition) is 0. The first-order valence-corrected chi connectivity index (χ1v) is 3.76. The molecular weight excluding hydrogens is 248 g/mol. The number of benzene rings is 1. The van der Waals surface area contributed by atoms with Gasteiger partial charge in [0, 0.05) is 0 Å². The summed E-state index contributed by atoms with van der Waals surface area (Å²) in [5.41, 5.74) is 1.24. The van der Waals surface area contributed by atoms with E-state index in [-0.39, 0.29) is 14.1 Å². The molecule has 69 valence electrons. The zero-order valence-electron chi connectivity index (χ0n) is 6.23. The molecule has 0 aliphatic carbocycles. The third kappa shape index (κ3) is 6.56. The zero-order chi connectivity index (χ0) is 6.53. The molecule has 0 aliphatic heterocycles. The molecule has 1 nitrogen and oxygen atoms in total. The molecule has 0 atom stereocenters. The molecule has 0 bridgehead atoms. The van der Waals surface area contributed by atoms with Gasteiger partial charge in [-0.3, -0.25) is 14.1 Å². The van der Waals surface area contributed by atoms with E-state index in [2.05, 4.69) is 12.1 Å². The van der Waals surface area contributed by atoms with Gasteiger partial charge in [-0.1, -0.05) is 0 Å². The molecule has 5 heteroatoms. The molecule has 1 aromatic rings. The summed E-state index contributed by atoms with van der Waals surface area (Å²) in [6, 6.07) is 10.2. The van der Waals surface area contributed by atoms with Gasteiger partial charge in [0.1, 0.15) is 0 Å². The van der Waals surface area contributed by atoms with Crippen molar-refractivity contribution in [1.82, 2.24) is 0 Å². The first kappa shape index (κ1) is 17.8. The van der Waals surface area contributed by atoms with Crippen molar-refractivity contribution in [3.05, 3.63) is 35.9 Å². The van der Waals surface area contributed by atoms with E-state index < -0.39 is 0 Å².